The molecule has 0 aromatic heterocycles. The molecule has 2 amide bonds. The van der Waals surface area contributed by atoms with Crippen LogP contribution in [0, 0.1) is 0 Å². The van der Waals surface area contributed by atoms with E-state index in [9.17, 15) is 14.4 Å². The van der Waals surface area contributed by atoms with Crippen molar-refractivity contribution in [1.82, 2.24) is 5.32 Å². The number of carbonyl (C=O) groups is 3. The standard InChI is InChI=1S/C16H19N3O5/c1-16(2)23-13(20)12(14(21)24-16)9-19-11-5-3-10(4-6-11)7-8-18-15(17)22/h3-6,9,19H,7-8H2,1-2H3,(H3,17,18,22). The molecule has 1 saturated heterocycles. The van der Waals surface area contributed by atoms with Gasteiger partial charge in [-0.2, -0.15) is 0 Å². The van der Waals surface area contributed by atoms with E-state index in [1.165, 1.54) is 20.0 Å². The molecule has 8 nitrogen and oxygen atoms in total. The van der Waals surface area contributed by atoms with Crippen LogP contribution in [0.15, 0.2) is 36.0 Å². The van der Waals surface area contributed by atoms with Gasteiger partial charge in [0.25, 0.3) is 5.79 Å². The second-order valence-corrected chi connectivity index (χ2v) is 5.62. The zero-order valence-electron chi connectivity index (χ0n) is 13.4. The van der Waals surface area contributed by atoms with Crippen molar-refractivity contribution in [2.45, 2.75) is 26.1 Å². The highest BCUT2D eigenvalue weighted by atomic mass is 16.7. The van der Waals surface area contributed by atoms with Crippen LogP contribution in [0.2, 0.25) is 0 Å². The Bertz CT molecular complexity index is 657. The molecule has 4 N–H and O–H groups in total. The minimum atomic E-state index is -1.26. The highest BCUT2D eigenvalue weighted by Crippen LogP contribution is 2.22. The normalized spacial score (nSPS) is 16.0. The number of nitrogens with one attached hydrogen (secondary N) is 2. The third-order valence-corrected chi connectivity index (χ3v) is 3.17. The van der Waals surface area contributed by atoms with Gasteiger partial charge in [0.2, 0.25) is 0 Å². The lowest BCUT2D eigenvalue weighted by molar-refractivity contribution is -0.222. The number of ether oxygens (including phenoxy) is 2. The molecule has 0 saturated carbocycles. The molecule has 0 spiro atoms. The van der Waals surface area contributed by atoms with Gasteiger partial charge >= 0.3 is 18.0 Å². The van der Waals surface area contributed by atoms with E-state index in [1.807, 2.05) is 12.1 Å². The highest BCUT2D eigenvalue weighted by Gasteiger charge is 2.38. The average molecular weight is 333 g/mol. The number of esters is 2. The van der Waals surface area contributed by atoms with Crippen molar-refractivity contribution in [2.24, 2.45) is 5.73 Å². The quantitative estimate of drug-likeness (QED) is 0.420. The average Bonchev–Trinajstić information content (AvgIpc) is 2.46. The maximum absolute atomic E-state index is 11.8. The molecule has 8 heteroatoms. The van der Waals surface area contributed by atoms with Crippen LogP contribution in [0.25, 0.3) is 0 Å². The largest absolute Gasteiger partial charge is 0.419 e. The summed E-state index contributed by atoms with van der Waals surface area (Å²) in [7, 11) is 0. The number of urea groups is 1. The molecule has 1 fully saturated rings. The molecule has 0 aliphatic carbocycles. The summed E-state index contributed by atoms with van der Waals surface area (Å²) in [6.45, 7) is 3.41. The van der Waals surface area contributed by atoms with Gasteiger partial charge in [0.15, 0.2) is 5.57 Å². The van der Waals surface area contributed by atoms with E-state index in [4.69, 9.17) is 15.2 Å². The van der Waals surface area contributed by atoms with Crippen molar-refractivity contribution in [3.63, 3.8) is 0 Å². The van der Waals surface area contributed by atoms with Gasteiger partial charge in [0, 0.05) is 32.3 Å². The fourth-order valence-corrected chi connectivity index (χ4v) is 2.03. The molecular weight excluding hydrogens is 314 g/mol. The Morgan fingerprint density at radius 3 is 2.29 bits per heavy atom. The van der Waals surface area contributed by atoms with Gasteiger partial charge in [-0.25, -0.2) is 14.4 Å². The SMILES string of the molecule is CC1(C)OC(=O)C(=CNc2ccc(CCNC(N)=O)cc2)C(=O)O1. The van der Waals surface area contributed by atoms with Crippen LogP contribution in [0.4, 0.5) is 10.5 Å². The first kappa shape index (κ1) is 17.3. The Hall–Kier alpha value is -3.03. The molecule has 1 aromatic carbocycles. The maximum Gasteiger partial charge on any atom is 0.350 e. The van der Waals surface area contributed by atoms with Crippen molar-refractivity contribution < 1.29 is 23.9 Å². The molecule has 1 aliphatic heterocycles. The summed E-state index contributed by atoms with van der Waals surface area (Å²) in [5, 5.41) is 5.35. The highest BCUT2D eigenvalue weighted by molar-refractivity contribution is 6.15. The Labute approximate surface area is 139 Å². The van der Waals surface area contributed by atoms with Crippen LogP contribution >= 0.6 is 0 Å². The second-order valence-electron chi connectivity index (χ2n) is 5.62. The predicted octanol–water partition coefficient (Wildman–Crippen LogP) is 1.03. The van der Waals surface area contributed by atoms with Crippen molar-refractivity contribution in [3.8, 4) is 0 Å². The first-order chi connectivity index (χ1) is 11.3. The topological polar surface area (TPSA) is 120 Å². The Morgan fingerprint density at radius 2 is 1.75 bits per heavy atom. The summed E-state index contributed by atoms with van der Waals surface area (Å²) in [6.07, 6.45) is 1.89. The van der Waals surface area contributed by atoms with E-state index in [0.717, 1.165) is 5.56 Å². The van der Waals surface area contributed by atoms with E-state index in [1.54, 1.807) is 12.1 Å². The van der Waals surface area contributed by atoms with Crippen LogP contribution < -0.4 is 16.4 Å². The zero-order chi connectivity index (χ0) is 17.7. The number of primary amides is 1. The van der Waals surface area contributed by atoms with Gasteiger partial charge in [-0.15, -0.1) is 0 Å². The Morgan fingerprint density at radius 1 is 1.17 bits per heavy atom. The molecule has 1 aliphatic rings. The van der Waals surface area contributed by atoms with Crippen molar-refractivity contribution in [3.05, 3.63) is 41.6 Å². The third kappa shape index (κ3) is 4.73. The summed E-state index contributed by atoms with van der Waals surface area (Å²) in [5.41, 5.74) is 6.46. The Balaban J connectivity index is 1.95. The fraction of sp³-hybridized carbons (Fsp3) is 0.312. The number of cyclic esters (lactones) is 2. The van der Waals surface area contributed by atoms with Crippen LogP contribution in [0.3, 0.4) is 0 Å². The Kier molecular flexibility index (Phi) is 5.08. The van der Waals surface area contributed by atoms with Gasteiger partial charge in [-0.05, 0) is 24.1 Å². The van der Waals surface area contributed by atoms with E-state index in [-0.39, 0.29) is 5.57 Å². The van der Waals surface area contributed by atoms with E-state index < -0.39 is 23.8 Å². The fourth-order valence-electron chi connectivity index (χ4n) is 2.03. The second kappa shape index (κ2) is 7.03. The number of benzene rings is 1. The molecule has 1 heterocycles. The summed E-state index contributed by atoms with van der Waals surface area (Å²) >= 11 is 0. The van der Waals surface area contributed by atoms with Crippen molar-refractivity contribution >= 4 is 23.7 Å². The van der Waals surface area contributed by atoms with Crippen LogP contribution in [-0.4, -0.2) is 30.3 Å². The number of rotatable bonds is 5. The summed E-state index contributed by atoms with van der Waals surface area (Å²) < 4.78 is 9.99. The molecule has 128 valence electrons. The first-order valence-electron chi connectivity index (χ1n) is 7.32. The molecule has 0 bridgehead atoms. The minimum Gasteiger partial charge on any atom is -0.419 e. The molecule has 0 radical (unpaired) electrons. The number of anilines is 1. The molecule has 0 unspecified atom stereocenters. The summed E-state index contributed by atoms with van der Waals surface area (Å²) in [6, 6.07) is 6.70. The molecule has 2 rings (SSSR count). The molecule has 24 heavy (non-hydrogen) atoms. The van der Waals surface area contributed by atoms with Crippen LogP contribution in [-0.2, 0) is 25.5 Å². The zero-order valence-corrected chi connectivity index (χ0v) is 13.4. The van der Waals surface area contributed by atoms with Gasteiger partial charge in [-0.1, -0.05) is 12.1 Å². The third-order valence-electron chi connectivity index (χ3n) is 3.17. The number of nitrogens with two attached hydrogens (primary N) is 1. The summed E-state index contributed by atoms with van der Waals surface area (Å²) in [4.78, 5) is 34.2. The van der Waals surface area contributed by atoms with Crippen molar-refractivity contribution in [2.75, 3.05) is 11.9 Å². The first-order valence-corrected chi connectivity index (χ1v) is 7.32. The maximum atomic E-state index is 11.8. The smallest absolute Gasteiger partial charge is 0.350 e. The van der Waals surface area contributed by atoms with Gasteiger partial charge in [0.05, 0.1) is 0 Å². The lowest BCUT2D eigenvalue weighted by Gasteiger charge is -2.29. The predicted molar refractivity (Wildman–Crippen MR) is 85.7 cm³/mol. The van der Waals surface area contributed by atoms with E-state index in [2.05, 4.69) is 10.6 Å². The lowest BCUT2D eigenvalue weighted by Crippen LogP contribution is -2.42. The van der Waals surface area contributed by atoms with Gasteiger partial charge in [-0.3, -0.25) is 0 Å². The van der Waals surface area contributed by atoms with E-state index >= 15 is 0 Å². The number of amides is 2. The summed E-state index contributed by atoms with van der Waals surface area (Å²) in [5.74, 6) is -2.73. The van der Waals surface area contributed by atoms with E-state index in [0.29, 0.717) is 18.7 Å². The molecule has 1 aromatic rings. The number of hydrogen-bond donors (Lipinski definition) is 3. The van der Waals surface area contributed by atoms with Gasteiger partial charge < -0.3 is 25.8 Å². The number of carbonyl (C=O) groups excluding carboxylic acids is 3. The molecular formula is C16H19N3O5. The van der Waals surface area contributed by atoms with Crippen molar-refractivity contribution in [1.29, 1.82) is 0 Å². The lowest BCUT2D eigenvalue weighted by atomic mass is 10.1. The minimum absolute atomic E-state index is 0.205. The monoisotopic (exact) mass is 333 g/mol. The van der Waals surface area contributed by atoms with Crippen LogP contribution in [0.5, 0.6) is 0 Å². The number of hydrogen-bond acceptors (Lipinski definition) is 6. The molecule has 0 atom stereocenters. The van der Waals surface area contributed by atoms with Crippen LogP contribution in [0.1, 0.15) is 19.4 Å². The van der Waals surface area contributed by atoms with Gasteiger partial charge in [0.1, 0.15) is 0 Å².